The van der Waals surface area contributed by atoms with Gasteiger partial charge in [0.1, 0.15) is 6.04 Å². The summed E-state index contributed by atoms with van der Waals surface area (Å²) in [4.78, 5) is 37.9. The van der Waals surface area contributed by atoms with E-state index in [4.69, 9.17) is 0 Å². The number of anilines is 3. The summed E-state index contributed by atoms with van der Waals surface area (Å²) in [6.07, 6.45) is 1.40. The summed E-state index contributed by atoms with van der Waals surface area (Å²) >= 11 is 0. The van der Waals surface area contributed by atoms with Gasteiger partial charge in [-0.3, -0.25) is 9.59 Å². The molecule has 2 aromatic rings. The molecular weight excluding hydrogens is 356 g/mol. The van der Waals surface area contributed by atoms with Crippen LogP contribution in [0.4, 0.5) is 21.9 Å². The third kappa shape index (κ3) is 4.88. The number of nitrogens with zero attached hydrogens (tertiary/aromatic N) is 1. The van der Waals surface area contributed by atoms with Gasteiger partial charge in [0.05, 0.1) is 0 Å². The predicted molar refractivity (Wildman–Crippen MR) is 109 cm³/mol. The first-order valence-corrected chi connectivity index (χ1v) is 9.25. The molecule has 3 N–H and O–H groups in total. The van der Waals surface area contributed by atoms with Crippen LogP contribution in [0.1, 0.15) is 25.3 Å². The van der Waals surface area contributed by atoms with Crippen LogP contribution < -0.4 is 16.0 Å². The monoisotopic (exact) mass is 380 g/mol. The number of hydrogen-bond acceptors (Lipinski definition) is 3. The Morgan fingerprint density at radius 1 is 0.857 bits per heavy atom. The van der Waals surface area contributed by atoms with E-state index in [9.17, 15) is 14.4 Å². The van der Waals surface area contributed by atoms with Crippen molar-refractivity contribution in [2.75, 3.05) is 22.5 Å². The van der Waals surface area contributed by atoms with E-state index in [0.717, 1.165) is 12.0 Å². The Morgan fingerprint density at radius 3 is 2.00 bits per heavy atom. The van der Waals surface area contributed by atoms with Crippen LogP contribution in [0.15, 0.2) is 48.5 Å². The Balaban J connectivity index is 1.61. The molecule has 0 aliphatic carbocycles. The van der Waals surface area contributed by atoms with Crippen molar-refractivity contribution in [1.82, 2.24) is 4.90 Å². The normalized spacial score (nSPS) is 15.8. The topological polar surface area (TPSA) is 90.5 Å². The lowest BCUT2D eigenvalue weighted by Gasteiger charge is -2.24. The molecule has 7 heteroatoms. The first-order valence-electron chi connectivity index (χ1n) is 9.25. The fourth-order valence-corrected chi connectivity index (χ4v) is 3.18. The Labute approximate surface area is 164 Å². The predicted octanol–water partition coefficient (Wildman–Crippen LogP) is 3.59. The molecule has 1 saturated heterocycles. The van der Waals surface area contributed by atoms with E-state index in [1.54, 1.807) is 29.2 Å². The standard InChI is InChI=1S/C21H24N4O3/c1-14-5-7-18(8-6-14)24-21(28)25-13-3-4-19(25)20(27)23-17-11-9-16(10-12-17)22-15(2)26/h5-12,19H,3-4,13H2,1-2H3,(H,22,26)(H,23,27)(H,24,28)/t19-/m1/s1. The third-order valence-corrected chi connectivity index (χ3v) is 4.59. The van der Waals surface area contributed by atoms with Crippen molar-refractivity contribution >= 4 is 34.9 Å². The van der Waals surface area contributed by atoms with Gasteiger partial charge in [0, 0.05) is 30.5 Å². The van der Waals surface area contributed by atoms with Gasteiger partial charge in [0.2, 0.25) is 11.8 Å². The van der Waals surface area contributed by atoms with Gasteiger partial charge in [-0.15, -0.1) is 0 Å². The van der Waals surface area contributed by atoms with E-state index in [2.05, 4.69) is 16.0 Å². The summed E-state index contributed by atoms with van der Waals surface area (Å²) in [6, 6.07) is 13.6. The van der Waals surface area contributed by atoms with Gasteiger partial charge < -0.3 is 20.9 Å². The lowest BCUT2D eigenvalue weighted by molar-refractivity contribution is -0.119. The zero-order valence-corrected chi connectivity index (χ0v) is 16.0. The molecule has 28 heavy (non-hydrogen) atoms. The first-order chi connectivity index (χ1) is 13.4. The number of carbonyl (C=O) groups is 3. The van der Waals surface area contributed by atoms with Crippen LogP contribution in [0.25, 0.3) is 0 Å². The average molecular weight is 380 g/mol. The zero-order valence-electron chi connectivity index (χ0n) is 16.0. The van der Waals surface area contributed by atoms with E-state index >= 15 is 0 Å². The van der Waals surface area contributed by atoms with Crippen molar-refractivity contribution in [2.45, 2.75) is 32.7 Å². The molecule has 146 valence electrons. The SMILES string of the molecule is CC(=O)Nc1ccc(NC(=O)[C@H]2CCCN2C(=O)Nc2ccc(C)cc2)cc1. The fourth-order valence-electron chi connectivity index (χ4n) is 3.18. The Kier molecular flexibility index (Phi) is 5.93. The number of nitrogens with one attached hydrogen (secondary N) is 3. The van der Waals surface area contributed by atoms with Gasteiger partial charge in [-0.2, -0.15) is 0 Å². The molecular formula is C21H24N4O3. The Bertz CT molecular complexity index is 862. The van der Waals surface area contributed by atoms with Gasteiger partial charge in [0.15, 0.2) is 0 Å². The summed E-state index contributed by atoms with van der Waals surface area (Å²) in [7, 11) is 0. The summed E-state index contributed by atoms with van der Waals surface area (Å²) in [5, 5.41) is 8.38. The van der Waals surface area contributed by atoms with Gasteiger partial charge in [-0.1, -0.05) is 17.7 Å². The molecule has 0 aromatic heterocycles. The number of likely N-dealkylation sites (tertiary alicyclic amines) is 1. The van der Waals surface area contributed by atoms with Crippen LogP contribution in [-0.4, -0.2) is 35.3 Å². The third-order valence-electron chi connectivity index (χ3n) is 4.59. The Hall–Kier alpha value is -3.35. The lowest BCUT2D eigenvalue weighted by atomic mass is 10.2. The number of urea groups is 1. The molecule has 0 bridgehead atoms. The maximum Gasteiger partial charge on any atom is 0.322 e. The smallest absolute Gasteiger partial charge is 0.322 e. The number of rotatable bonds is 4. The molecule has 3 rings (SSSR count). The van der Waals surface area contributed by atoms with Crippen molar-refractivity contribution in [1.29, 1.82) is 0 Å². The van der Waals surface area contributed by atoms with E-state index < -0.39 is 6.04 Å². The zero-order chi connectivity index (χ0) is 20.1. The summed E-state index contributed by atoms with van der Waals surface area (Å²) in [5.74, 6) is -0.373. The van der Waals surface area contributed by atoms with E-state index in [1.165, 1.54) is 6.92 Å². The molecule has 2 aromatic carbocycles. The number of hydrogen-bond donors (Lipinski definition) is 3. The largest absolute Gasteiger partial charge is 0.326 e. The van der Waals surface area contributed by atoms with Crippen molar-refractivity contribution in [3.8, 4) is 0 Å². The molecule has 4 amide bonds. The van der Waals surface area contributed by atoms with E-state index in [0.29, 0.717) is 30.0 Å². The highest BCUT2D eigenvalue weighted by Crippen LogP contribution is 2.21. The molecule has 0 spiro atoms. The highest BCUT2D eigenvalue weighted by atomic mass is 16.2. The summed E-state index contributed by atoms with van der Waals surface area (Å²) in [6.45, 7) is 3.96. The van der Waals surface area contributed by atoms with Crippen LogP contribution >= 0.6 is 0 Å². The second-order valence-corrected chi connectivity index (χ2v) is 6.90. The van der Waals surface area contributed by atoms with Crippen LogP contribution in [0, 0.1) is 6.92 Å². The average Bonchev–Trinajstić information content (AvgIpc) is 3.15. The fraction of sp³-hybridized carbons (Fsp3) is 0.286. The second kappa shape index (κ2) is 8.56. The van der Waals surface area contributed by atoms with Crippen molar-refractivity contribution in [2.24, 2.45) is 0 Å². The van der Waals surface area contributed by atoms with Gasteiger partial charge >= 0.3 is 6.03 Å². The Morgan fingerprint density at radius 2 is 1.39 bits per heavy atom. The number of carbonyl (C=O) groups excluding carboxylic acids is 3. The minimum absolute atomic E-state index is 0.155. The molecule has 1 aliphatic rings. The maximum atomic E-state index is 12.7. The van der Waals surface area contributed by atoms with E-state index in [-0.39, 0.29) is 17.8 Å². The molecule has 1 fully saturated rings. The molecule has 1 aliphatic heterocycles. The second-order valence-electron chi connectivity index (χ2n) is 6.90. The number of benzene rings is 2. The highest BCUT2D eigenvalue weighted by Gasteiger charge is 2.34. The van der Waals surface area contributed by atoms with Crippen LogP contribution in [0.3, 0.4) is 0 Å². The van der Waals surface area contributed by atoms with Crippen LogP contribution in [-0.2, 0) is 9.59 Å². The molecule has 1 heterocycles. The highest BCUT2D eigenvalue weighted by molar-refractivity contribution is 5.99. The van der Waals surface area contributed by atoms with Gasteiger partial charge in [-0.25, -0.2) is 4.79 Å². The number of aryl methyl sites for hydroxylation is 1. The van der Waals surface area contributed by atoms with Gasteiger partial charge in [-0.05, 0) is 56.2 Å². The molecule has 7 nitrogen and oxygen atoms in total. The summed E-state index contributed by atoms with van der Waals surface area (Å²) in [5.41, 5.74) is 3.09. The number of amides is 4. The van der Waals surface area contributed by atoms with Crippen molar-refractivity contribution in [3.05, 3.63) is 54.1 Å². The summed E-state index contributed by atoms with van der Waals surface area (Å²) < 4.78 is 0. The molecule has 0 saturated carbocycles. The van der Waals surface area contributed by atoms with Crippen LogP contribution in [0.2, 0.25) is 0 Å². The minimum atomic E-state index is -0.513. The molecule has 0 radical (unpaired) electrons. The van der Waals surface area contributed by atoms with Crippen molar-refractivity contribution in [3.63, 3.8) is 0 Å². The van der Waals surface area contributed by atoms with Crippen molar-refractivity contribution < 1.29 is 14.4 Å². The van der Waals surface area contributed by atoms with Crippen LogP contribution in [0.5, 0.6) is 0 Å². The maximum absolute atomic E-state index is 12.7. The quantitative estimate of drug-likeness (QED) is 0.757. The minimum Gasteiger partial charge on any atom is -0.326 e. The van der Waals surface area contributed by atoms with E-state index in [1.807, 2.05) is 31.2 Å². The molecule has 0 unspecified atom stereocenters. The van der Waals surface area contributed by atoms with Gasteiger partial charge in [0.25, 0.3) is 0 Å². The first kappa shape index (κ1) is 19.4. The molecule has 1 atom stereocenters. The lowest BCUT2D eigenvalue weighted by Crippen LogP contribution is -2.45.